The third-order valence-corrected chi connectivity index (χ3v) is 5.85. The summed E-state index contributed by atoms with van der Waals surface area (Å²) in [5, 5.41) is 12.7. The molecule has 0 radical (unpaired) electrons. The lowest BCUT2D eigenvalue weighted by Crippen LogP contribution is -2.64. The highest BCUT2D eigenvalue weighted by Gasteiger charge is 2.49. The van der Waals surface area contributed by atoms with Crippen LogP contribution in [0.4, 0.5) is 4.39 Å². The van der Waals surface area contributed by atoms with E-state index in [4.69, 9.17) is 4.74 Å². The Morgan fingerprint density at radius 1 is 1.24 bits per heavy atom. The van der Waals surface area contributed by atoms with Crippen molar-refractivity contribution in [1.82, 2.24) is 10.2 Å². The van der Waals surface area contributed by atoms with Gasteiger partial charge in [0.2, 0.25) is 5.91 Å². The van der Waals surface area contributed by atoms with Gasteiger partial charge >= 0.3 is 0 Å². The van der Waals surface area contributed by atoms with Crippen LogP contribution in [-0.2, 0) is 22.5 Å². The van der Waals surface area contributed by atoms with Crippen LogP contribution in [0.2, 0.25) is 0 Å². The molecule has 2 aromatic carbocycles. The van der Waals surface area contributed by atoms with Gasteiger partial charge in [0, 0.05) is 32.8 Å². The summed E-state index contributed by atoms with van der Waals surface area (Å²) in [5.74, 6) is -0.0800. The molecule has 1 atom stereocenters. The van der Waals surface area contributed by atoms with Gasteiger partial charge in [-0.05, 0) is 48.6 Å². The van der Waals surface area contributed by atoms with Crippen LogP contribution >= 0.6 is 0 Å². The second kappa shape index (κ2) is 8.51. The smallest absolute Gasteiger partial charge is 0.229 e. The first-order valence-corrected chi connectivity index (χ1v) is 10.2. The molecule has 6 heteroatoms. The highest BCUT2D eigenvalue weighted by Crippen LogP contribution is 2.36. The van der Waals surface area contributed by atoms with Crippen LogP contribution < -0.4 is 5.32 Å². The largest absolute Gasteiger partial charge is 0.508 e. The van der Waals surface area contributed by atoms with E-state index in [1.54, 1.807) is 30.3 Å². The lowest BCUT2D eigenvalue weighted by molar-refractivity contribution is -0.143. The van der Waals surface area contributed by atoms with E-state index in [1.165, 1.54) is 6.07 Å². The standard InChI is InChI=1S/C23H27FN2O3/c24-21-9-2-1-6-18(21)12-23(22(28)25-13-20-8-4-10-29-20)15-26(16-23)14-17-5-3-7-19(27)11-17/h1-3,5-7,9,11,20,27H,4,8,10,12-16H2,(H,25,28). The van der Waals surface area contributed by atoms with Crippen molar-refractivity contribution in [3.63, 3.8) is 0 Å². The quantitative estimate of drug-likeness (QED) is 0.753. The van der Waals surface area contributed by atoms with Crippen molar-refractivity contribution in [2.75, 3.05) is 26.2 Å². The van der Waals surface area contributed by atoms with Crippen molar-refractivity contribution < 1.29 is 19.0 Å². The number of likely N-dealkylation sites (tertiary alicyclic amines) is 1. The first-order valence-electron chi connectivity index (χ1n) is 10.2. The zero-order valence-corrected chi connectivity index (χ0v) is 16.4. The lowest BCUT2D eigenvalue weighted by Gasteiger charge is -2.49. The minimum atomic E-state index is -0.655. The van der Waals surface area contributed by atoms with Gasteiger partial charge in [0.1, 0.15) is 11.6 Å². The first kappa shape index (κ1) is 19.9. The lowest BCUT2D eigenvalue weighted by atomic mass is 9.73. The zero-order valence-electron chi connectivity index (χ0n) is 16.4. The van der Waals surface area contributed by atoms with Crippen LogP contribution in [0.1, 0.15) is 24.0 Å². The maximum absolute atomic E-state index is 14.3. The number of benzene rings is 2. The molecule has 2 N–H and O–H groups in total. The number of carbonyl (C=O) groups is 1. The molecule has 2 aliphatic rings. The third kappa shape index (κ3) is 4.60. The van der Waals surface area contributed by atoms with Crippen LogP contribution in [0.5, 0.6) is 5.75 Å². The number of carbonyl (C=O) groups excluding carboxylic acids is 1. The molecule has 2 fully saturated rings. The molecule has 0 aromatic heterocycles. The fourth-order valence-electron chi connectivity index (χ4n) is 4.38. The van der Waals surface area contributed by atoms with Crippen molar-refractivity contribution in [1.29, 1.82) is 0 Å². The molecule has 0 saturated carbocycles. The van der Waals surface area contributed by atoms with E-state index in [2.05, 4.69) is 10.2 Å². The van der Waals surface area contributed by atoms with Crippen molar-refractivity contribution >= 4 is 5.91 Å². The van der Waals surface area contributed by atoms with Crippen molar-refractivity contribution in [3.05, 3.63) is 65.5 Å². The molecule has 5 nitrogen and oxygen atoms in total. The highest BCUT2D eigenvalue weighted by molar-refractivity contribution is 5.84. The number of nitrogens with one attached hydrogen (secondary N) is 1. The molecule has 2 aliphatic heterocycles. The molecule has 0 aliphatic carbocycles. The number of ether oxygens (including phenoxy) is 1. The van der Waals surface area contributed by atoms with E-state index in [0.29, 0.717) is 38.2 Å². The molecule has 2 heterocycles. The fraction of sp³-hybridized carbons (Fsp3) is 0.435. The topological polar surface area (TPSA) is 61.8 Å². The Labute approximate surface area is 170 Å². The Balaban J connectivity index is 1.44. The predicted octanol–water partition coefficient (Wildman–Crippen LogP) is 2.87. The molecule has 0 spiro atoms. The van der Waals surface area contributed by atoms with Gasteiger partial charge in [0.15, 0.2) is 0 Å². The van der Waals surface area contributed by atoms with Gasteiger partial charge in [-0.15, -0.1) is 0 Å². The van der Waals surface area contributed by atoms with Crippen LogP contribution in [0, 0.1) is 11.2 Å². The maximum atomic E-state index is 14.3. The number of aromatic hydroxyl groups is 1. The minimum absolute atomic E-state index is 0.0385. The van der Waals surface area contributed by atoms with Gasteiger partial charge in [-0.3, -0.25) is 9.69 Å². The Morgan fingerprint density at radius 2 is 2.07 bits per heavy atom. The molecule has 154 valence electrons. The number of hydrogen-bond acceptors (Lipinski definition) is 4. The van der Waals surface area contributed by atoms with Crippen LogP contribution in [0.25, 0.3) is 0 Å². The molecule has 4 rings (SSSR count). The number of halogens is 1. The van der Waals surface area contributed by atoms with E-state index < -0.39 is 5.41 Å². The molecule has 2 aromatic rings. The number of phenolic OH excluding ortho intramolecular Hbond substituents is 1. The summed E-state index contributed by atoms with van der Waals surface area (Å²) in [6.07, 6.45) is 2.43. The van der Waals surface area contributed by atoms with E-state index in [9.17, 15) is 14.3 Å². The molecule has 1 unspecified atom stereocenters. The zero-order chi connectivity index (χ0) is 20.3. The Hall–Kier alpha value is -2.44. The maximum Gasteiger partial charge on any atom is 0.229 e. The molecular formula is C23H27FN2O3. The molecule has 0 bridgehead atoms. The van der Waals surface area contributed by atoms with Gasteiger partial charge in [0.25, 0.3) is 0 Å². The summed E-state index contributed by atoms with van der Waals surface area (Å²) in [6, 6.07) is 13.8. The summed E-state index contributed by atoms with van der Waals surface area (Å²) < 4.78 is 19.9. The molecular weight excluding hydrogens is 371 g/mol. The average Bonchev–Trinajstić information content (AvgIpc) is 3.19. The fourth-order valence-corrected chi connectivity index (χ4v) is 4.38. The molecule has 1 amide bonds. The summed E-state index contributed by atoms with van der Waals surface area (Å²) in [4.78, 5) is 15.3. The van der Waals surface area contributed by atoms with Gasteiger partial charge < -0.3 is 15.2 Å². The van der Waals surface area contributed by atoms with Gasteiger partial charge in [-0.2, -0.15) is 0 Å². The third-order valence-electron chi connectivity index (χ3n) is 5.85. The van der Waals surface area contributed by atoms with Crippen LogP contribution in [0.15, 0.2) is 48.5 Å². The van der Waals surface area contributed by atoms with Gasteiger partial charge in [-0.25, -0.2) is 4.39 Å². The summed E-state index contributed by atoms with van der Waals surface area (Å²) in [7, 11) is 0. The Bertz CT molecular complexity index is 861. The van der Waals surface area contributed by atoms with Crippen molar-refractivity contribution in [3.8, 4) is 5.75 Å². The number of phenols is 1. The van der Waals surface area contributed by atoms with Crippen LogP contribution in [-0.4, -0.2) is 48.3 Å². The Kier molecular flexibility index (Phi) is 5.83. The second-order valence-electron chi connectivity index (χ2n) is 8.21. The number of nitrogens with zero attached hydrogens (tertiary/aromatic N) is 1. The number of amides is 1. The first-order chi connectivity index (χ1) is 14.0. The van der Waals surface area contributed by atoms with Gasteiger partial charge in [0.05, 0.1) is 11.5 Å². The normalized spacial score (nSPS) is 20.9. The summed E-state index contributed by atoms with van der Waals surface area (Å²) in [5.41, 5.74) is 0.901. The van der Waals surface area contributed by atoms with Crippen LogP contribution in [0.3, 0.4) is 0 Å². The second-order valence-corrected chi connectivity index (χ2v) is 8.21. The highest BCUT2D eigenvalue weighted by atomic mass is 19.1. The van der Waals surface area contributed by atoms with Gasteiger partial charge in [-0.1, -0.05) is 30.3 Å². The van der Waals surface area contributed by atoms with E-state index in [1.807, 2.05) is 12.1 Å². The van der Waals surface area contributed by atoms with E-state index in [0.717, 1.165) is 25.0 Å². The number of rotatable bonds is 7. The SMILES string of the molecule is O=C(NCC1CCCO1)C1(Cc2ccccc2F)CN(Cc2cccc(O)c2)C1. The predicted molar refractivity (Wildman–Crippen MR) is 108 cm³/mol. The summed E-state index contributed by atoms with van der Waals surface area (Å²) in [6.45, 7) is 3.00. The van der Waals surface area contributed by atoms with E-state index >= 15 is 0 Å². The van der Waals surface area contributed by atoms with Crippen molar-refractivity contribution in [2.45, 2.75) is 31.9 Å². The van der Waals surface area contributed by atoms with E-state index in [-0.39, 0.29) is 23.6 Å². The minimum Gasteiger partial charge on any atom is -0.508 e. The Morgan fingerprint density at radius 3 is 2.79 bits per heavy atom. The monoisotopic (exact) mass is 398 g/mol. The molecule has 29 heavy (non-hydrogen) atoms. The summed E-state index contributed by atoms with van der Waals surface area (Å²) >= 11 is 0. The molecule has 2 saturated heterocycles. The number of hydrogen-bond donors (Lipinski definition) is 2. The van der Waals surface area contributed by atoms with Crippen molar-refractivity contribution in [2.24, 2.45) is 5.41 Å². The average molecular weight is 398 g/mol.